The van der Waals surface area contributed by atoms with Gasteiger partial charge in [0.15, 0.2) is 5.69 Å². The summed E-state index contributed by atoms with van der Waals surface area (Å²) in [4.78, 5) is 25.1. The summed E-state index contributed by atoms with van der Waals surface area (Å²) in [5, 5.41) is 8.07. The minimum absolute atomic E-state index is 0.0863. The van der Waals surface area contributed by atoms with Gasteiger partial charge in [0.2, 0.25) is 0 Å². The van der Waals surface area contributed by atoms with E-state index >= 15 is 0 Å². The average molecular weight is 353 g/mol. The normalized spacial score (nSPS) is 12.3. The van der Waals surface area contributed by atoms with Gasteiger partial charge >= 0.3 is 0 Å². The van der Waals surface area contributed by atoms with E-state index in [1.807, 2.05) is 13.8 Å². The maximum absolute atomic E-state index is 13.2. The van der Waals surface area contributed by atoms with Crippen molar-refractivity contribution in [2.75, 3.05) is 0 Å². The van der Waals surface area contributed by atoms with Gasteiger partial charge in [0.1, 0.15) is 5.82 Å². The van der Waals surface area contributed by atoms with Crippen LogP contribution in [0.25, 0.3) is 10.8 Å². The number of carbonyl (C=O) groups is 1. The lowest BCUT2D eigenvalue weighted by Crippen LogP contribution is -2.34. The zero-order valence-corrected chi connectivity index (χ0v) is 14.9. The lowest BCUT2D eigenvalue weighted by Gasteiger charge is -2.23. The Balaban J connectivity index is 2.01. The molecule has 0 saturated heterocycles. The number of hydrogen-bond acceptors (Lipinski definition) is 3. The molecule has 1 aromatic heterocycles. The smallest absolute Gasteiger partial charge is 0.274 e. The number of nitrogens with zero attached hydrogens (tertiary/aromatic N) is 2. The van der Waals surface area contributed by atoms with Crippen LogP contribution in [-0.2, 0) is 7.05 Å². The first-order valence-electron chi connectivity index (χ1n) is 8.41. The first kappa shape index (κ1) is 17.8. The van der Waals surface area contributed by atoms with Crippen molar-refractivity contribution >= 4 is 16.7 Å². The highest BCUT2D eigenvalue weighted by Crippen LogP contribution is 2.23. The van der Waals surface area contributed by atoms with Crippen LogP contribution < -0.4 is 10.9 Å². The van der Waals surface area contributed by atoms with Crippen molar-refractivity contribution in [2.24, 2.45) is 13.0 Å². The number of nitrogens with one attached hydrogen (secondary N) is 1. The van der Waals surface area contributed by atoms with E-state index < -0.39 is 0 Å². The third-order valence-corrected chi connectivity index (χ3v) is 4.35. The molecule has 0 spiro atoms. The summed E-state index contributed by atoms with van der Waals surface area (Å²) in [5.41, 5.74) is 0.746. The van der Waals surface area contributed by atoms with Crippen LogP contribution in [-0.4, -0.2) is 15.7 Å². The monoisotopic (exact) mass is 353 g/mol. The topological polar surface area (TPSA) is 64.0 Å². The van der Waals surface area contributed by atoms with Crippen LogP contribution in [0.5, 0.6) is 0 Å². The molecule has 0 saturated carbocycles. The van der Waals surface area contributed by atoms with Gasteiger partial charge in [-0.2, -0.15) is 5.10 Å². The molecule has 0 aliphatic carbocycles. The molecular weight excluding hydrogens is 333 g/mol. The first-order valence-corrected chi connectivity index (χ1v) is 8.41. The fourth-order valence-corrected chi connectivity index (χ4v) is 2.98. The molecule has 2 aromatic carbocycles. The molecule has 6 heteroatoms. The summed E-state index contributed by atoms with van der Waals surface area (Å²) in [6, 6.07) is 12.7. The van der Waals surface area contributed by atoms with Crippen LogP contribution in [0.15, 0.2) is 53.3 Å². The number of fused-ring (bicyclic) bond motifs is 1. The van der Waals surface area contributed by atoms with Gasteiger partial charge < -0.3 is 5.32 Å². The van der Waals surface area contributed by atoms with Crippen molar-refractivity contribution in [1.29, 1.82) is 0 Å². The standard InChI is InChI=1S/C20H20FN3O2/c1-12(2)17(13-8-10-14(21)11-9-13)22-19(25)18-15-6-4-5-7-16(15)20(26)24(3)23-18/h4-12,17H,1-3H3,(H,22,25)/t17-/m1/s1. The molecule has 26 heavy (non-hydrogen) atoms. The Morgan fingerprint density at radius 1 is 1.08 bits per heavy atom. The predicted molar refractivity (Wildman–Crippen MR) is 98.4 cm³/mol. The molecule has 0 bridgehead atoms. The lowest BCUT2D eigenvalue weighted by atomic mass is 9.95. The number of benzene rings is 2. The average Bonchev–Trinajstić information content (AvgIpc) is 2.63. The molecule has 1 N–H and O–H groups in total. The van der Waals surface area contributed by atoms with Crippen molar-refractivity contribution in [3.05, 3.63) is 76.0 Å². The molecule has 3 aromatic rings. The molecule has 0 fully saturated rings. The summed E-state index contributed by atoms with van der Waals surface area (Å²) in [7, 11) is 1.52. The highest BCUT2D eigenvalue weighted by molar-refractivity contribution is 6.04. The van der Waals surface area contributed by atoms with E-state index in [9.17, 15) is 14.0 Å². The molecule has 134 valence electrons. The Hall–Kier alpha value is -3.02. The van der Waals surface area contributed by atoms with Gasteiger partial charge in [-0.15, -0.1) is 0 Å². The third-order valence-electron chi connectivity index (χ3n) is 4.35. The minimum Gasteiger partial charge on any atom is -0.344 e. The van der Waals surface area contributed by atoms with E-state index in [0.717, 1.165) is 5.56 Å². The summed E-state index contributed by atoms with van der Waals surface area (Å²) >= 11 is 0. The van der Waals surface area contributed by atoms with Crippen molar-refractivity contribution < 1.29 is 9.18 Å². The Morgan fingerprint density at radius 3 is 2.31 bits per heavy atom. The Bertz CT molecular complexity index is 1010. The van der Waals surface area contributed by atoms with E-state index in [-0.39, 0.29) is 34.9 Å². The number of hydrogen-bond donors (Lipinski definition) is 1. The molecule has 0 unspecified atom stereocenters. The molecule has 1 atom stereocenters. The van der Waals surface area contributed by atoms with Crippen LogP contribution in [0, 0.1) is 11.7 Å². The van der Waals surface area contributed by atoms with Gasteiger partial charge in [-0.1, -0.05) is 44.2 Å². The van der Waals surface area contributed by atoms with E-state index in [2.05, 4.69) is 10.4 Å². The van der Waals surface area contributed by atoms with Crippen LogP contribution in [0.4, 0.5) is 4.39 Å². The third kappa shape index (κ3) is 3.35. The van der Waals surface area contributed by atoms with Gasteiger partial charge in [0.25, 0.3) is 11.5 Å². The van der Waals surface area contributed by atoms with Crippen molar-refractivity contribution in [1.82, 2.24) is 15.1 Å². The number of carbonyl (C=O) groups excluding carboxylic acids is 1. The minimum atomic E-state index is -0.375. The van der Waals surface area contributed by atoms with E-state index in [4.69, 9.17) is 0 Å². The zero-order chi connectivity index (χ0) is 18.8. The van der Waals surface area contributed by atoms with Gasteiger partial charge in [-0.25, -0.2) is 9.07 Å². The number of aromatic nitrogens is 2. The SMILES string of the molecule is CC(C)[C@@H](NC(=O)c1nn(C)c(=O)c2ccccc12)c1ccc(F)cc1. The molecule has 3 rings (SSSR count). The van der Waals surface area contributed by atoms with E-state index in [1.54, 1.807) is 36.4 Å². The van der Waals surface area contributed by atoms with Crippen LogP contribution >= 0.6 is 0 Å². The largest absolute Gasteiger partial charge is 0.344 e. The van der Waals surface area contributed by atoms with Gasteiger partial charge in [-0.05, 0) is 29.7 Å². The first-order chi connectivity index (χ1) is 12.4. The van der Waals surface area contributed by atoms with Crippen LogP contribution in [0.1, 0.15) is 35.9 Å². The summed E-state index contributed by atoms with van der Waals surface area (Å²) in [6.07, 6.45) is 0. The Morgan fingerprint density at radius 2 is 1.69 bits per heavy atom. The molecular formula is C20H20FN3O2. The Labute approximate surface area is 150 Å². The van der Waals surface area contributed by atoms with Crippen molar-refractivity contribution in [2.45, 2.75) is 19.9 Å². The van der Waals surface area contributed by atoms with Crippen molar-refractivity contribution in [3.8, 4) is 0 Å². The highest BCUT2D eigenvalue weighted by Gasteiger charge is 2.22. The fourth-order valence-electron chi connectivity index (χ4n) is 2.98. The molecule has 0 aliphatic rings. The quantitative estimate of drug-likeness (QED) is 0.783. The summed E-state index contributed by atoms with van der Waals surface area (Å²) in [6.45, 7) is 3.95. The van der Waals surface area contributed by atoms with E-state index in [1.165, 1.54) is 23.9 Å². The zero-order valence-electron chi connectivity index (χ0n) is 14.9. The maximum Gasteiger partial charge on any atom is 0.274 e. The second-order valence-electron chi connectivity index (χ2n) is 6.57. The number of halogens is 1. The second kappa shape index (κ2) is 7.07. The Kier molecular flexibility index (Phi) is 4.84. The maximum atomic E-state index is 13.2. The lowest BCUT2D eigenvalue weighted by molar-refractivity contribution is 0.0920. The number of amides is 1. The highest BCUT2D eigenvalue weighted by atomic mass is 19.1. The molecule has 5 nitrogen and oxygen atoms in total. The molecule has 1 amide bonds. The van der Waals surface area contributed by atoms with Crippen LogP contribution in [0.2, 0.25) is 0 Å². The summed E-state index contributed by atoms with van der Waals surface area (Å²) < 4.78 is 14.4. The molecule has 0 radical (unpaired) electrons. The summed E-state index contributed by atoms with van der Waals surface area (Å²) in [5.74, 6) is -0.615. The number of aryl methyl sites for hydroxylation is 1. The second-order valence-corrected chi connectivity index (χ2v) is 6.57. The number of rotatable bonds is 4. The molecule has 0 aliphatic heterocycles. The predicted octanol–water partition coefficient (Wildman–Crippen LogP) is 3.20. The van der Waals surface area contributed by atoms with Crippen LogP contribution in [0.3, 0.4) is 0 Å². The van der Waals surface area contributed by atoms with Gasteiger partial charge in [-0.3, -0.25) is 9.59 Å². The fraction of sp³-hybridized carbons (Fsp3) is 0.250. The van der Waals surface area contributed by atoms with Gasteiger partial charge in [0, 0.05) is 12.4 Å². The van der Waals surface area contributed by atoms with Crippen molar-refractivity contribution in [3.63, 3.8) is 0 Å². The molecule has 1 heterocycles. The van der Waals surface area contributed by atoms with E-state index in [0.29, 0.717) is 10.8 Å². The van der Waals surface area contributed by atoms with Gasteiger partial charge in [0.05, 0.1) is 11.4 Å².